The zero-order valence-electron chi connectivity index (χ0n) is 17.1. The van der Waals surface area contributed by atoms with Crippen LogP contribution in [0.4, 0.5) is 0 Å². The maximum Gasteiger partial charge on any atom is 0.275 e. The summed E-state index contributed by atoms with van der Waals surface area (Å²) in [5.74, 6) is -0.254. The Morgan fingerprint density at radius 3 is 2.40 bits per heavy atom. The van der Waals surface area contributed by atoms with Crippen LogP contribution < -0.4 is 10.9 Å². The van der Waals surface area contributed by atoms with Gasteiger partial charge in [0, 0.05) is 17.5 Å². The number of carbonyl (C=O) groups excluding carboxylic acids is 1. The standard InChI is InChI=1S/C25H23N3O2/c1-17-12-13-18(2)22(14-17)24-20-10-6-7-11-21(20)25(30)28(27-24)16-23(29)26-15-19-8-4-3-5-9-19/h3-14H,15-16H2,1-2H3,(H,26,29). The summed E-state index contributed by atoms with van der Waals surface area (Å²) >= 11 is 0. The van der Waals surface area contributed by atoms with Crippen molar-refractivity contribution >= 4 is 16.7 Å². The summed E-state index contributed by atoms with van der Waals surface area (Å²) in [6, 6.07) is 23.2. The van der Waals surface area contributed by atoms with Gasteiger partial charge in [-0.3, -0.25) is 9.59 Å². The molecule has 1 amide bonds. The zero-order chi connectivity index (χ0) is 21.1. The molecule has 0 spiro atoms. The number of fused-ring (bicyclic) bond motifs is 1. The number of nitrogens with zero attached hydrogens (tertiary/aromatic N) is 2. The number of nitrogens with one attached hydrogen (secondary N) is 1. The molecular weight excluding hydrogens is 374 g/mol. The maximum atomic E-state index is 13.0. The average Bonchev–Trinajstić information content (AvgIpc) is 2.77. The van der Waals surface area contributed by atoms with Crippen LogP contribution >= 0.6 is 0 Å². The Hall–Kier alpha value is -3.73. The Labute approximate surface area is 175 Å². The lowest BCUT2D eigenvalue weighted by molar-refractivity contribution is -0.122. The third kappa shape index (κ3) is 4.01. The number of carbonyl (C=O) groups is 1. The second-order valence-corrected chi connectivity index (χ2v) is 7.44. The van der Waals surface area contributed by atoms with Gasteiger partial charge in [-0.1, -0.05) is 66.2 Å². The second kappa shape index (κ2) is 8.33. The Balaban J connectivity index is 1.72. The highest BCUT2D eigenvalue weighted by Crippen LogP contribution is 2.28. The lowest BCUT2D eigenvalue weighted by atomic mass is 9.99. The minimum Gasteiger partial charge on any atom is -0.350 e. The van der Waals surface area contributed by atoms with E-state index in [9.17, 15) is 9.59 Å². The third-order valence-electron chi connectivity index (χ3n) is 5.14. The van der Waals surface area contributed by atoms with Crippen molar-refractivity contribution in [2.24, 2.45) is 0 Å². The van der Waals surface area contributed by atoms with Crippen molar-refractivity contribution in [3.8, 4) is 11.3 Å². The minimum atomic E-state index is -0.269. The van der Waals surface area contributed by atoms with Crippen LogP contribution in [0.15, 0.2) is 77.6 Å². The van der Waals surface area contributed by atoms with Crippen LogP contribution in [0.25, 0.3) is 22.0 Å². The molecular formula is C25H23N3O2. The molecule has 0 aliphatic heterocycles. The summed E-state index contributed by atoms with van der Waals surface area (Å²) < 4.78 is 1.26. The van der Waals surface area contributed by atoms with Gasteiger partial charge >= 0.3 is 0 Å². The Kier molecular flexibility index (Phi) is 5.44. The van der Waals surface area contributed by atoms with Gasteiger partial charge in [-0.2, -0.15) is 5.10 Å². The molecule has 0 unspecified atom stereocenters. The molecule has 4 rings (SSSR count). The molecule has 4 aromatic rings. The Bertz CT molecular complexity index is 1280. The number of amides is 1. The molecule has 1 N–H and O–H groups in total. The maximum absolute atomic E-state index is 13.0. The second-order valence-electron chi connectivity index (χ2n) is 7.44. The molecule has 1 heterocycles. The van der Waals surface area contributed by atoms with Crippen LogP contribution in [0.3, 0.4) is 0 Å². The summed E-state index contributed by atoms with van der Waals surface area (Å²) in [6.07, 6.45) is 0. The van der Waals surface area contributed by atoms with Crippen molar-refractivity contribution in [3.63, 3.8) is 0 Å². The third-order valence-corrected chi connectivity index (χ3v) is 5.14. The molecule has 30 heavy (non-hydrogen) atoms. The SMILES string of the molecule is Cc1ccc(C)c(-c2nn(CC(=O)NCc3ccccc3)c(=O)c3ccccc23)c1. The quantitative estimate of drug-likeness (QED) is 0.554. The molecule has 150 valence electrons. The Morgan fingerprint density at radius 1 is 0.933 bits per heavy atom. The molecule has 0 aliphatic carbocycles. The number of hydrogen-bond donors (Lipinski definition) is 1. The number of aryl methyl sites for hydroxylation is 2. The Morgan fingerprint density at radius 2 is 1.63 bits per heavy atom. The van der Waals surface area contributed by atoms with Crippen molar-refractivity contribution in [1.29, 1.82) is 0 Å². The molecule has 0 radical (unpaired) electrons. The predicted octanol–water partition coefficient (Wildman–Crippen LogP) is 4.00. The highest BCUT2D eigenvalue weighted by molar-refractivity contribution is 5.94. The van der Waals surface area contributed by atoms with Gasteiger partial charge < -0.3 is 5.32 Å². The van der Waals surface area contributed by atoms with Gasteiger partial charge in [0.25, 0.3) is 5.56 Å². The van der Waals surface area contributed by atoms with Gasteiger partial charge in [0.05, 0.1) is 11.1 Å². The molecule has 0 bridgehead atoms. The van der Waals surface area contributed by atoms with Crippen LogP contribution in [-0.2, 0) is 17.9 Å². The fourth-order valence-electron chi connectivity index (χ4n) is 3.52. The van der Waals surface area contributed by atoms with Crippen LogP contribution in [0.2, 0.25) is 0 Å². The van der Waals surface area contributed by atoms with Gasteiger partial charge in [0.1, 0.15) is 6.54 Å². The highest BCUT2D eigenvalue weighted by Gasteiger charge is 2.15. The van der Waals surface area contributed by atoms with E-state index in [1.807, 2.05) is 74.5 Å². The van der Waals surface area contributed by atoms with Crippen LogP contribution in [-0.4, -0.2) is 15.7 Å². The molecule has 5 heteroatoms. The van der Waals surface area contributed by atoms with E-state index in [1.165, 1.54) is 4.68 Å². The number of hydrogen-bond acceptors (Lipinski definition) is 3. The highest BCUT2D eigenvalue weighted by atomic mass is 16.2. The summed E-state index contributed by atoms with van der Waals surface area (Å²) in [5.41, 5.74) is 4.58. The topological polar surface area (TPSA) is 64.0 Å². The molecule has 0 atom stereocenters. The predicted molar refractivity (Wildman–Crippen MR) is 119 cm³/mol. The van der Waals surface area contributed by atoms with Gasteiger partial charge in [0.15, 0.2) is 0 Å². The van der Waals surface area contributed by atoms with E-state index in [4.69, 9.17) is 0 Å². The van der Waals surface area contributed by atoms with Crippen molar-refractivity contribution < 1.29 is 4.79 Å². The van der Waals surface area contributed by atoms with E-state index in [0.717, 1.165) is 27.6 Å². The normalized spacial score (nSPS) is 10.9. The van der Waals surface area contributed by atoms with E-state index in [0.29, 0.717) is 17.6 Å². The first kappa shape index (κ1) is 19.6. The molecule has 0 saturated heterocycles. The van der Waals surface area contributed by atoms with Crippen LogP contribution in [0.1, 0.15) is 16.7 Å². The van der Waals surface area contributed by atoms with E-state index in [1.54, 1.807) is 6.07 Å². The first-order chi connectivity index (χ1) is 14.5. The van der Waals surface area contributed by atoms with Crippen molar-refractivity contribution in [2.45, 2.75) is 26.9 Å². The minimum absolute atomic E-state index is 0.131. The largest absolute Gasteiger partial charge is 0.350 e. The summed E-state index contributed by atoms with van der Waals surface area (Å²) in [5, 5.41) is 8.82. The van der Waals surface area contributed by atoms with Gasteiger partial charge in [-0.05, 0) is 37.1 Å². The fraction of sp³-hybridized carbons (Fsp3) is 0.160. The van der Waals surface area contributed by atoms with Crippen molar-refractivity contribution in [2.75, 3.05) is 0 Å². The fourth-order valence-corrected chi connectivity index (χ4v) is 3.52. The van der Waals surface area contributed by atoms with Crippen molar-refractivity contribution in [1.82, 2.24) is 15.1 Å². The van der Waals surface area contributed by atoms with E-state index >= 15 is 0 Å². The van der Waals surface area contributed by atoms with Crippen LogP contribution in [0, 0.1) is 13.8 Å². The van der Waals surface area contributed by atoms with E-state index in [2.05, 4.69) is 16.5 Å². The zero-order valence-corrected chi connectivity index (χ0v) is 17.1. The molecule has 1 aromatic heterocycles. The lowest BCUT2D eigenvalue weighted by Gasteiger charge is -2.13. The molecule has 3 aromatic carbocycles. The first-order valence-electron chi connectivity index (χ1n) is 9.91. The molecule has 0 saturated carbocycles. The monoisotopic (exact) mass is 397 g/mol. The van der Waals surface area contributed by atoms with Gasteiger partial charge in [-0.25, -0.2) is 4.68 Å². The lowest BCUT2D eigenvalue weighted by Crippen LogP contribution is -2.33. The van der Waals surface area contributed by atoms with Crippen molar-refractivity contribution in [3.05, 3.63) is 99.8 Å². The number of rotatable bonds is 5. The summed E-state index contributed by atoms with van der Waals surface area (Å²) in [7, 11) is 0. The number of aromatic nitrogens is 2. The first-order valence-corrected chi connectivity index (χ1v) is 9.91. The summed E-state index contributed by atoms with van der Waals surface area (Å²) in [4.78, 5) is 25.5. The smallest absolute Gasteiger partial charge is 0.275 e. The molecule has 0 aliphatic rings. The van der Waals surface area contributed by atoms with Gasteiger partial charge in [-0.15, -0.1) is 0 Å². The molecule has 0 fully saturated rings. The molecule has 5 nitrogen and oxygen atoms in total. The van der Waals surface area contributed by atoms with E-state index in [-0.39, 0.29) is 18.0 Å². The van der Waals surface area contributed by atoms with Gasteiger partial charge in [0.2, 0.25) is 5.91 Å². The van der Waals surface area contributed by atoms with E-state index < -0.39 is 0 Å². The van der Waals surface area contributed by atoms with Crippen LogP contribution in [0.5, 0.6) is 0 Å². The average molecular weight is 397 g/mol. The number of benzene rings is 3. The summed E-state index contributed by atoms with van der Waals surface area (Å²) in [6.45, 7) is 4.33.